The van der Waals surface area contributed by atoms with Gasteiger partial charge in [0.15, 0.2) is 0 Å². The summed E-state index contributed by atoms with van der Waals surface area (Å²) in [5, 5.41) is 12.6. The minimum atomic E-state index is -0.248. The molecule has 3 rings (SSSR count). The Kier molecular flexibility index (Phi) is 4.40. The van der Waals surface area contributed by atoms with Crippen molar-refractivity contribution in [2.24, 2.45) is 0 Å². The Labute approximate surface area is 135 Å². The summed E-state index contributed by atoms with van der Waals surface area (Å²) in [5.74, 6) is -0.248. The summed E-state index contributed by atoms with van der Waals surface area (Å²) in [7, 11) is 0. The van der Waals surface area contributed by atoms with Crippen molar-refractivity contribution in [1.29, 1.82) is 0 Å². The van der Waals surface area contributed by atoms with E-state index in [1.54, 1.807) is 12.1 Å². The quantitative estimate of drug-likeness (QED) is 0.708. The Balaban J connectivity index is 1.93. The van der Waals surface area contributed by atoms with Gasteiger partial charge in [-0.2, -0.15) is 0 Å². The normalized spacial score (nSPS) is 10.6. The largest absolute Gasteiger partial charge is 0.392 e. The van der Waals surface area contributed by atoms with Crippen LogP contribution in [0.2, 0.25) is 0 Å². The minimum Gasteiger partial charge on any atom is -0.392 e. The Hall–Kier alpha value is -2.65. The minimum absolute atomic E-state index is 0.0282. The van der Waals surface area contributed by atoms with Crippen LogP contribution in [0.5, 0.6) is 0 Å². The summed E-state index contributed by atoms with van der Waals surface area (Å²) in [5.41, 5.74) is 5.93. The van der Waals surface area contributed by atoms with Gasteiger partial charge >= 0.3 is 0 Å². The molecule has 0 aliphatic carbocycles. The molecule has 0 atom stereocenters. The molecule has 3 aromatic rings. The van der Waals surface area contributed by atoms with Crippen LogP contribution in [0.15, 0.2) is 66.7 Å². The molecule has 0 heterocycles. The number of nitrogens with one attached hydrogen (secondary N) is 1. The van der Waals surface area contributed by atoms with Gasteiger partial charge in [-0.15, -0.1) is 0 Å². The topological polar surface area (TPSA) is 32.3 Å². The van der Waals surface area contributed by atoms with Crippen molar-refractivity contribution in [3.05, 3.63) is 83.7 Å². The van der Waals surface area contributed by atoms with E-state index in [0.717, 1.165) is 33.6 Å². The van der Waals surface area contributed by atoms with Crippen molar-refractivity contribution in [3.63, 3.8) is 0 Å². The van der Waals surface area contributed by atoms with Gasteiger partial charge in [0.2, 0.25) is 0 Å². The lowest BCUT2D eigenvalue weighted by Gasteiger charge is -2.12. The molecule has 0 amide bonds. The van der Waals surface area contributed by atoms with Crippen molar-refractivity contribution >= 4 is 11.4 Å². The third-order valence-electron chi connectivity index (χ3n) is 3.80. The second-order valence-electron chi connectivity index (χ2n) is 5.52. The van der Waals surface area contributed by atoms with Crippen LogP contribution in [0.4, 0.5) is 15.8 Å². The number of hydrogen-bond acceptors (Lipinski definition) is 2. The molecule has 0 spiro atoms. The smallest absolute Gasteiger partial charge is 0.123 e. The zero-order valence-corrected chi connectivity index (χ0v) is 12.9. The highest BCUT2D eigenvalue weighted by Gasteiger charge is 2.04. The third-order valence-corrected chi connectivity index (χ3v) is 3.80. The first kappa shape index (κ1) is 15.3. The van der Waals surface area contributed by atoms with Gasteiger partial charge in [0.1, 0.15) is 5.82 Å². The third kappa shape index (κ3) is 3.58. The predicted octanol–water partition coefficient (Wildman–Crippen LogP) is 5.04. The maximum Gasteiger partial charge on any atom is 0.123 e. The second-order valence-corrected chi connectivity index (χ2v) is 5.52. The van der Waals surface area contributed by atoms with Gasteiger partial charge in [0.05, 0.1) is 6.61 Å². The monoisotopic (exact) mass is 307 g/mol. The highest BCUT2D eigenvalue weighted by molar-refractivity contribution is 5.73. The molecule has 2 N–H and O–H groups in total. The zero-order valence-electron chi connectivity index (χ0n) is 12.9. The van der Waals surface area contributed by atoms with Crippen molar-refractivity contribution < 1.29 is 9.50 Å². The van der Waals surface area contributed by atoms with Crippen LogP contribution in [0.25, 0.3) is 11.1 Å². The number of aryl methyl sites for hydroxylation is 1. The zero-order chi connectivity index (χ0) is 16.2. The highest BCUT2D eigenvalue weighted by Crippen LogP contribution is 2.28. The van der Waals surface area contributed by atoms with Crippen molar-refractivity contribution in [2.75, 3.05) is 5.32 Å². The van der Waals surface area contributed by atoms with E-state index in [2.05, 4.69) is 17.4 Å². The van der Waals surface area contributed by atoms with E-state index in [0.29, 0.717) is 0 Å². The molecule has 0 fully saturated rings. The van der Waals surface area contributed by atoms with Crippen LogP contribution < -0.4 is 5.32 Å². The molecule has 0 saturated carbocycles. The van der Waals surface area contributed by atoms with E-state index in [9.17, 15) is 9.50 Å². The van der Waals surface area contributed by atoms with Gasteiger partial charge in [0.25, 0.3) is 0 Å². The summed E-state index contributed by atoms with van der Waals surface area (Å²) < 4.78 is 13.0. The summed E-state index contributed by atoms with van der Waals surface area (Å²) in [6.07, 6.45) is 0. The average Bonchev–Trinajstić information content (AvgIpc) is 2.59. The van der Waals surface area contributed by atoms with Gasteiger partial charge in [-0.25, -0.2) is 4.39 Å². The van der Waals surface area contributed by atoms with Crippen LogP contribution >= 0.6 is 0 Å². The number of hydrogen-bond donors (Lipinski definition) is 2. The van der Waals surface area contributed by atoms with Crippen LogP contribution in [-0.2, 0) is 6.61 Å². The molecule has 3 heteroatoms. The summed E-state index contributed by atoms with van der Waals surface area (Å²) in [6, 6.07) is 20.3. The number of aliphatic hydroxyl groups is 1. The van der Waals surface area contributed by atoms with Crippen LogP contribution in [0, 0.1) is 12.7 Å². The Bertz CT molecular complexity index is 812. The molecule has 0 unspecified atom stereocenters. The molecule has 0 aliphatic rings. The van der Waals surface area contributed by atoms with Gasteiger partial charge in [-0.05, 0) is 65.6 Å². The molecule has 0 bridgehead atoms. The highest BCUT2D eigenvalue weighted by atomic mass is 19.1. The predicted molar refractivity (Wildman–Crippen MR) is 92.2 cm³/mol. The number of anilines is 2. The number of rotatable bonds is 4. The fourth-order valence-electron chi connectivity index (χ4n) is 2.47. The van der Waals surface area contributed by atoms with Crippen molar-refractivity contribution in [2.45, 2.75) is 13.5 Å². The van der Waals surface area contributed by atoms with Crippen molar-refractivity contribution in [1.82, 2.24) is 0 Å². The lowest BCUT2D eigenvalue weighted by molar-refractivity contribution is 0.282. The lowest BCUT2D eigenvalue weighted by Crippen LogP contribution is -1.94. The maximum atomic E-state index is 13.0. The molecule has 0 aromatic heterocycles. The summed E-state index contributed by atoms with van der Waals surface area (Å²) in [6.45, 7) is 2.06. The molecule has 0 radical (unpaired) electrons. The first-order chi connectivity index (χ1) is 11.2. The van der Waals surface area contributed by atoms with E-state index in [1.165, 1.54) is 12.1 Å². The van der Waals surface area contributed by atoms with Gasteiger partial charge in [-0.3, -0.25) is 0 Å². The van der Waals surface area contributed by atoms with Crippen molar-refractivity contribution in [3.8, 4) is 11.1 Å². The van der Waals surface area contributed by atoms with E-state index >= 15 is 0 Å². The maximum absolute atomic E-state index is 13.0. The molecule has 0 saturated heterocycles. The number of halogens is 1. The summed E-state index contributed by atoms with van der Waals surface area (Å²) >= 11 is 0. The fourth-order valence-corrected chi connectivity index (χ4v) is 2.47. The van der Waals surface area contributed by atoms with Crippen LogP contribution in [0.1, 0.15) is 11.1 Å². The Morgan fingerprint density at radius 3 is 2.39 bits per heavy atom. The fraction of sp³-hybridized carbons (Fsp3) is 0.100. The number of aliphatic hydroxyl groups excluding tert-OH is 1. The second kappa shape index (κ2) is 6.63. The first-order valence-corrected chi connectivity index (χ1v) is 7.49. The van der Waals surface area contributed by atoms with Crippen LogP contribution in [0.3, 0.4) is 0 Å². The van der Waals surface area contributed by atoms with Gasteiger partial charge < -0.3 is 10.4 Å². The Morgan fingerprint density at radius 2 is 1.65 bits per heavy atom. The van der Waals surface area contributed by atoms with E-state index in [1.807, 2.05) is 37.3 Å². The molecule has 3 aromatic carbocycles. The van der Waals surface area contributed by atoms with Gasteiger partial charge in [0, 0.05) is 11.4 Å². The molecule has 116 valence electrons. The average molecular weight is 307 g/mol. The summed E-state index contributed by atoms with van der Waals surface area (Å²) in [4.78, 5) is 0. The van der Waals surface area contributed by atoms with E-state index < -0.39 is 0 Å². The molecule has 23 heavy (non-hydrogen) atoms. The lowest BCUT2D eigenvalue weighted by atomic mass is 10.0. The van der Waals surface area contributed by atoms with Gasteiger partial charge in [-0.1, -0.05) is 30.3 Å². The molecule has 2 nitrogen and oxygen atoms in total. The Morgan fingerprint density at radius 1 is 0.913 bits per heavy atom. The SMILES string of the molecule is Cc1ccc(-c2cccc(CO)c2)cc1Nc1ccc(F)cc1. The molecule has 0 aliphatic heterocycles. The number of benzene rings is 3. The molecular formula is C20H18FNO. The molecular weight excluding hydrogens is 289 g/mol. The van der Waals surface area contributed by atoms with E-state index in [-0.39, 0.29) is 12.4 Å². The van der Waals surface area contributed by atoms with Crippen LogP contribution in [-0.4, -0.2) is 5.11 Å². The first-order valence-electron chi connectivity index (χ1n) is 7.49. The standard InChI is InChI=1S/C20H18FNO/c1-14-5-6-17(16-4-2-3-15(11-16)13-23)12-20(14)22-19-9-7-18(21)8-10-19/h2-12,22-23H,13H2,1H3. The van der Waals surface area contributed by atoms with E-state index in [4.69, 9.17) is 0 Å².